The fraction of sp³-hybridized carbons (Fsp3) is 0.320. The van der Waals surface area contributed by atoms with E-state index in [-0.39, 0.29) is 5.92 Å². The maximum atomic E-state index is 12.2. The predicted molar refractivity (Wildman–Crippen MR) is 118 cm³/mol. The summed E-state index contributed by atoms with van der Waals surface area (Å²) >= 11 is 0. The van der Waals surface area contributed by atoms with Crippen LogP contribution in [0.3, 0.4) is 0 Å². The lowest BCUT2D eigenvalue weighted by atomic mass is 9.90. The number of hydrogen-bond acceptors (Lipinski definition) is 5. The average molecular weight is 408 g/mol. The number of carbonyl (C=O) groups is 1. The van der Waals surface area contributed by atoms with Gasteiger partial charge in [0.25, 0.3) is 0 Å². The molecule has 5 heteroatoms. The van der Waals surface area contributed by atoms with E-state index in [0.717, 1.165) is 27.5 Å². The van der Waals surface area contributed by atoms with Gasteiger partial charge in [0.15, 0.2) is 11.5 Å². The van der Waals surface area contributed by atoms with Crippen molar-refractivity contribution in [2.45, 2.75) is 33.3 Å². The smallest absolute Gasteiger partial charge is 0.338 e. The van der Waals surface area contributed by atoms with Crippen molar-refractivity contribution in [3.63, 3.8) is 0 Å². The second-order valence-corrected chi connectivity index (χ2v) is 7.42. The van der Waals surface area contributed by atoms with E-state index in [2.05, 4.69) is 13.8 Å². The molecule has 0 N–H and O–H groups in total. The zero-order chi connectivity index (χ0) is 21.8. The molecule has 0 saturated carbocycles. The maximum absolute atomic E-state index is 12.2. The van der Waals surface area contributed by atoms with Crippen molar-refractivity contribution in [3.8, 4) is 17.2 Å². The highest BCUT2D eigenvalue weighted by Crippen LogP contribution is 2.47. The Morgan fingerprint density at radius 2 is 1.67 bits per heavy atom. The van der Waals surface area contributed by atoms with Gasteiger partial charge in [-0.05, 0) is 35.9 Å². The number of benzene rings is 3. The first-order chi connectivity index (χ1) is 14.4. The Kier molecular flexibility index (Phi) is 6.50. The van der Waals surface area contributed by atoms with Crippen molar-refractivity contribution in [3.05, 3.63) is 64.7 Å². The molecule has 5 nitrogen and oxygen atoms in total. The van der Waals surface area contributed by atoms with Crippen LogP contribution in [-0.4, -0.2) is 27.3 Å². The van der Waals surface area contributed by atoms with Crippen molar-refractivity contribution in [2.24, 2.45) is 0 Å². The highest BCUT2D eigenvalue weighted by atomic mass is 16.5. The summed E-state index contributed by atoms with van der Waals surface area (Å²) in [6, 6.07) is 13.5. The van der Waals surface area contributed by atoms with Crippen LogP contribution in [0, 0.1) is 6.92 Å². The number of aryl methyl sites for hydroxylation is 1. The number of carbonyl (C=O) groups excluding carboxylic acids is 1. The molecule has 0 unspecified atom stereocenters. The third-order valence-corrected chi connectivity index (χ3v) is 5.21. The van der Waals surface area contributed by atoms with Gasteiger partial charge in [0.1, 0.15) is 12.4 Å². The Balaban J connectivity index is 2.29. The van der Waals surface area contributed by atoms with Gasteiger partial charge in [-0.15, -0.1) is 0 Å². The molecule has 158 valence electrons. The summed E-state index contributed by atoms with van der Waals surface area (Å²) in [6.45, 7) is 6.58. The first-order valence-corrected chi connectivity index (χ1v) is 9.90. The molecular formula is C25H28O5. The summed E-state index contributed by atoms with van der Waals surface area (Å²) in [5.74, 6) is 1.67. The maximum Gasteiger partial charge on any atom is 0.338 e. The summed E-state index contributed by atoms with van der Waals surface area (Å²) < 4.78 is 22.7. The van der Waals surface area contributed by atoms with Gasteiger partial charge in [-0.3, -0.25) is 0 Å². The Labute approximate surface area is 177 Å². The van der Waals surface area contributed by atoms with Crippen molar-refractivity contribution in [1.82, 2.24) is 0 Å². The lowest BCUT2D eigenvalue weighted by Gasteiger charge is -2.23. The van der Waals surface area contributed by atoms with E-state index in [1.807, 2.05) is 43.3 Å². The summed E-state index contributed by atoms with van der Waals surface area (Å²) in [5.41, 5.74) is 3.36. The lowest BCUT2D eigenvalue weighted by Crippen LogP contribution is -2.07. The third kappa shape index (κ3) is 3.92. The van der Waals surface area contributed by atoms with Crippen LogP contribution in [-0.2, 0) is 11.3 Å². The number of esters is 1. The molecule has 3 aromatic rings. The van der Waals surface area contributed by atoms with Crippen LogP contribution in [0.25, 0.3) is 10.8 Å². The quantitative estimate of drug-likeness (QED) is 0.473. The van der Waals surface area contributed by atoms with E-state index < -0.39 is 5.97 Å². The average Bonchev–Trinajstić information content (AvgIpc) is 2.76. The fourth-order valence-corrected chi connectivity index (χ4v) is 3.82. The molecule has 0 aromatic heterocycles. The van der Waals surface area contributed by atoms with Gasteiger partial charge in [-0.25, -0.2) is 4.79 Å². The summed E-state index contributed by atoms with van der Waals surface area (Å²) in [5, 5.41) is 1.80. The minimum atomic E-state index is -0.411. The Morgan fingerprint density at radius 3 is 2.23 bits per heavy atom. The minimum absolute atomic E-state index is 0.125. The second-order valence-electron chi connectivity index (χ2n) is 7.42. The Bertz CT molecular complexity index is 1050. The molecular weight excluding hydrogens is 380 g/mol. The van der Waals surface area contributed by atoms with Gasteiger partial charge >= 0.3 is 5.97 Å². The Hall–Kier alpha value is -3.21. The zero-order valence-corrected chi connectivity index (χ0v) is 18.4. The van der Waals surface area contributed by atoms with Crippen LogP contribution in [0.4, 0.5) is 0 Å². The number of ether oxygens (including phenoxy) is 4. The van der Waals surface area contributed by atoms with Crippen molar-refractivity contribution in [1.29, 1.82) is 0 Å². The molecule has 0 aliphatic carbocycles. The van der Waals surface area contributed by atoms with E-state index in [4.69, 9.17) is 18.9 Å². The lowest BCUT2D eigenvalue weighted by molar-refractivity contribution is 0.0600. The van der Waals surface area contributed by atoms with Crippen LogP contribution in [0.15, 0.2) is 42.5 Å². The van der Waals surface area contributed by atoms with Gasteiger partial charge in [0.05, 0.1) is 26.9 Å². The van der Waals surface area contributed by atoms with E-state index in [9.17, 15) is 4.79 Å². The van der Waals surface area contributed by atoms with Crippen molar-refractivity contribution in [2.75, 3.05) is 21.3 Å². The second kappa shape index (κ2) is 9.08. The normalized spacial score (nSPS) is 10.9. The molecule has 0 saturated heterocycles. The molecule has 0 fully saturated rings. The van der Waals surface area contributed by atoms with Crippen LogP contribution >= 0.6 is 0 Å². The van der Waals surface area contributed by atoms with Gasteiger partial charge in [-0.2, -0.15) is 0 Å². The first-order valence-electron chi connectivity index (χ1n) is 9.90. The highest BCUT2D eigenvalue weighted by molar-refractivity contribution is 6.03. The molecule has 0 atom stereocenters. The largest absolute Gasteiger partial charge is 0.496 e. The highest BCUT2D eigenvalue weighted by Gasteiger charge is 2.25. The first kappa shape index (κ1) is 21.5. The molecule has 0 aliphatic heterocycles. The fourth-order valence-electron chi connectivity index (χ4n) is 3.82. The third-order valence-electron chi connectivity index (χ3n) is 5.21. The topological polar surface area (TPSA) is 54.0 Å². The van der Waals surface area contributed by atoms with Gasteiger partial charge < -0.3 is 18.9 Å². The van der Waals surface area contributed by atoms with Gasteiger partial charge in [0.2, 0.25) is 0 Å². The molecule has 0 aliphatic rings. The molecule has 0 heterocycles. The molecule has 0 spiro atoms. The van der Waals surface area contributed by atoms with E-state index in [0.29, 0.717) is 29.4 Å². The Morgan fingerprint density at radius 1 is 0.967 bits per heavy atom. The van der Waals surface area contributed by atoms with Crippen LogP contribution in [0.1, 0.15) is 46.8 Å². The standard InChI is InChI=1S/C25H28O5/c1-15(2)21-19-12-18(25(26)29-6)13-20(27-4)22(19)16(3)23(24(21)28-5)30-14-17-10-8-7-9-11-17/h7-13,15H,14H2,1-6H3. The predicted octanol–water partition coefficient (Wildman–Crippen LogP) is 5.65. The van der Waals surface area contributed by atoms with Gasteiger partial charge in [-0.1, -0.05) is 44.2 Å². The summed E-state index contributed by atoms with van der Waals surface area (Å²) in [6.07, 6.45) is 0. The van der Waals surface area contributed by atoms with Crippen molar-refractivity contribution >= 4 is 16.7 Å². The number of hydrogen-bond donors (Lipinski definition) is 0. The monoisotopic (exact) mass is 408 g/mol. The van der Waals surface area contributed by atoms with E-state index >= 15 is 0 Å². The molecule has 3 rings (SSSR count). The van der Waals surface area contributed by atoms with Crippen LogP contribution in [0.2, 0.25) is 0 Å². The molecule has 0 radical (unpaired) electrons. The van der Waals surface area contributed by atoms with Crippen LogP contribution < -0.4 is 14.2 Å². The number of methoxy groups -OCH3 is 3. The zero-order valence-electron chi connectivity index (χ0n) is 18.4. The summed E-state index contributed by atoms with van der Waals surface area (Å²) in [7, 11) is 4.61. The molecule has 30 heavy (non-hydrogen) atoms. The number of rotatable bonds is 7. The minimum Gasteiger partial charge on any atom is -0.496 e. The summed E-state index contributed by atoms with van der Waals surface area (Å²) in [4.78, 5) is 12.2. The van der Waals surface area contributed by atoms with Gasteiger partial charge in [0, 0.05) is 16.5 Å². The molecule has 3 aromatic carbocycles. The van der Waals surface area contributed by atoms with Crippen molar-refractivity contribution < 1.29 is 23.7 Å². The van der Waals surface area contributed by atoms with E-state index in [1.165, 1.54) is 7.11 Å². The molecule has 0 amide bonds. The van der Waals surface area contributed by atoms with Crippen LogP contribution in [0.5, 0.6) is 17.2 Å². The number of fused-ring (bicyclic) bond motifs is 1. The SMILES string of the molecule is COC(=O)c1cc(OC)c2c(C)c(OCc3ccccc3)c(OC)c(C(C)C)c2c1. The van der Waals surface area contributed by atoms with E-state index in [1.54, 1.807) is 20.3 Å². The molecule has 0 bridgehead atoms.